The summed E-state index contributed by atoms with van der Waals surface area (Å²) in [5.74, 6) is -0.857. The summed E-state index contributed by atoms with van der Waals surface area (Å²) in [6.07, 6.45) is 1.90. The minimum absolute atomic E-state index is 0.280. The molecule has 1 atom stereocenters. The summed E-state index contributed by atoms with van der Waals surface area (Å²) in [5.41, 5.74) is 1.63. The first-order valence-electron chi connectivity index (χ1n) is 11.3. The minimum atomic E-state index is -1.37. The first-order chi connectivity index (χ1) is 16.1. The Kier molecular flexibility index (Phi) is 4.37. The number of benzene rings is 3. The van der Waals surface area contributed by atoms with Crippen LogP contribution in [-0.2, 0) is 16.0 Å². The van der Waals surface area contributed by atoms with E-state index in [4.69, 9.17) is 0 Å². The number of hydrogen-bond donors (Lipinski definition) is 0. The number of carbonyl (C=O) groups is 3. The Labute approximate surface area is 192 Å². The van der Waals surface area contributed by atoms with Gasteiger partial charge in [0, 0.05) is 12.2 Å². The lowest BCUT2D eigenvalue weighted by Gasteiger charge is -2.51. The Balaban J connectivity index is 1.59. The van der Waals surface area contributed by atoms with Crippen molar-refractivity contribution in [1.29, 1.82) is 0 Å². The van der Waals surface area contributed by atoms with E-state index in [1.807, 2.05) is 30.3 Å². The molecule has 2 fully saturated rings. The lowest BCUT2D eigenvalue weighted by Crippen LogP contribution is -2.72. The fourth-order valence-corrected chi connectivity index (χ4v) is 5.74. The van der Waals surface area contributed by atoms with Gasteiger partial charge >= 0.3 is 6.03 Å². The van der Waals surface area contributed by atoms with Crippen LogP contribution in [0.1, 0.15) is 18.4 Å². The number of imide groups is 2. The SMILES string of the molecule is O=C1N(c2ccccc2)C(=O)C2(Cc3ccccc3N3CCC[C@@H]32)C(=O)N1c1ccccc1. The zero-order chi connectivity index (χ0) is 22.6. The molecule has 3 aliphatic heterocycles. The van der Waals surface area contributed by atoms with E-state index in [9.17, 15) is 14.4 Å². The molecule has 6 rings (SSSR count). The van der Waals surface area contributed by atoms with Gasteiger partial charge in [0.15, 0.2) is 5.41 Å². The zero-order valence-electron chi connectivity index (χ0n) is 18.1. The standard InChI is InChI=1S/C27H23N3O3/c31-24-27(18-19-10-7-8-15-22(19)28-17-9-16-23(27)28)25(32)30(21-13-5-2-6-14-21)26(33)29(24)20-11-3-1-4-12-20/h1-8,10-15,23H,9,16-18H2/t23-/m1/s1. The second-order valence-electron chi connectivity index (χ2n) is 8.86. The third-order valence-corrected chi connectivity index (χ3v) is 7.17. The Morgan fingerprint density at radius 1 is 0.697 bits per heavy atom. The van der Waals surface area contributed by atoms with Crippen molar-refractivity contribution in [2.24, 2.45) is 5.41 Å². The molecule has 2 saturated heterocycles. The molecule has 164 valence electrons. The molecule has 0 aromatic heterocycles. The van der Waals surface area contributed by atoms with Gasteiger partial charge in [-0.2, -0.15) is 0 Å². The summed E-state index contributed by atoms with van der Waals surface area (Å²) >= 11 is 0. The molecule has 3 heterocycles. The summed E-state index contributed by atoms with van der Waals surface area (Å²) in [5, 5.41) is 0. The Bertz CT molecular complexity index is 1200. The Morgan fingerprint density at radius 2 is 1.24 bits per heavy atom. The predicted molar refractivity (Wildman–Crippen MR) is 126 cm³/mol. The molecule has 3 aromatic carbocycles. The van der Waals surface area contributed by atoms with Crippen molar-refractivity contribution in [3.8, 4) is 0 Å². The molecule has 6 nitrogen and oxygen atoms in total. The van der Waals surface area contributed by atoms with Crippen LogP contribution in [0, 0.1) is 5.41 Å². The third-order valence-electron chi connectivity index (χ3n) is 7.17. The van der Waals surface area contributed by atoms with Gasteiger partial charge in [0.2, 0.25) is 0 Å². The van der Waals surface area contributed by atoms with Crippen molar-refractivity contribution in [3.05, 3.63) is 90.5 Å². The molecule has 0 radical (unpaired) electrons. The van der Waals surface area contributed by atoms with Gasteiger partial charge in [-0.05, 0) is 55.2 Å². The van der Waals surface area contributed by atoms with Crippen molar-refractivity contribution in [3.63, 3.8) is 0 Å². The Hall–Kier alpha value is -3.93. The molecule has 0 aliphatic carbocycles. The van der Waals surface area contributed by atoms with E-state index < -0.39 is 23.3 Å². The lowest BCUT2D eigenvalue weighted by atomic mass is 9.68. The Morgan fingerprint density at radius 3 is 1.85 bits per heavy atom. The first kappa shape index (κ1) is 19.7. The van der Waals surface area contributed by atoms with Crippen LogP contribution in [0.2, 0.25) is 0 Å². The summed E-state index contributed by atoms with van der Waals surface area (Å²) < 4.78 is 0. The van der Waals surface area contributed by atoms with Crippen LogP contribution in [0.4, 0.5) is 21.9 Å². The molecule has 0 bridgehead atoms. The number of rotatable bonds is 2. The van der Waals surface area contributed by atoms with Gasteiger partial charge in [-0.15, -0.1) is 0 Å². The number of nitrogens with zero attached hydrogens (tertiary/aromatic N) is 3. The van der Waals surface area contributed by atoms with Crippen LogP contribution in [-0.4, -0.2) is 30.4 Å². The van der Waals surface area contributed by atoms with Crippen LogP contribution in [0.5, 0.6) is 0 Å². The van der Waals surface area contributed by atoms with Crippen LogP contribution >= 0.6 is 0 Å². The molecule has 0 saturated carbocycles. The average molecular weight is 437 g/mol. The molecule has 3 aromatic rings. The van der Waals surface area contributed by atoms with E-state index in [1.165, 1.54) is 9.80 Å². The van der Waals surface area contributed by atoms with Gasteiger partial charge in [0.05, 0.1) is 17.4 Å². The largest absolute Gasteiger partial charge is 0.367 e. The summed E-state index contributed by atoms with van der Waals surface area (Å²) in [6.45, 7) is 0.786. The number of fused-ring (bicyclic) bond motifs is 4. The molecular weight excluding hydrogens is 414 g/mol. The summed E-state index contributed by atoms with van der Waals surface area (Å²) in [4.78, 5) is 46.9. The smallest absolute Gasteiger partial charge is 0.342 e. The van der Waals surface area contributed by atoms with Crippen molar-refractivity contribution < 1.29 is 14.4 Å². The van der Waals surface area contributed by atoms with Gasteiger partial charge in [-0.1, -0.05) is 54.6 Å². The second-order valence-corrected chi connectivity index (χ2v) is 8.86. The number of para-hydroxylation sites is 3. The van der Waals surface area contributed by atoms with Crippen LogP contribution in [0.15, 0.2) is 84.9 Å². The normalized spacial score (nSPS) is 21.4. The number of anilines is 3. The molecule has 3 aliphatic rings. The predicted octanol–water partition coefficient (Wildman–Crippen LogP) is 4.40. The number of urea groups is 1. The number of amides is 4. The van der Waals surface area contributed by atoms with E-state index in [0.29, 0.717) is 11.4 Å². The monoisotopic (exact) mass is 437 g/mol. The maximum Gasteiger partial charge on any atom is 0.342 e. The van der Waals surface area contributed by atoms with Gasteiger partial charge in [-0.25, -0.2) is 14.6 Å². The van der Waals surface area contributed by atoms with Crippen molar-refractivity contribution >= 4 is 34.9 Å². The van der Waals surface area contributed by atoms with E-state index >= 15 is 0 Å². The number of barbiturate groups is 1. The topological polar surface area (TPSA) is 60.9 Å². The van der Waals surface area contributed by atoms with Gasteiger partial charge in [-0.3, -0.25) is 9.59 Å². The maximum absolute atomic E-state index is 14.3. The fraction of sp³-hybridized carbons (Fsp3) is 0.222. The summed E-state index contributed by atoms with van der Waals surface area (Å²) in [7, 11) is 0. The maximum atomic E-state index is 14.3. The van der Waals surface area contributed by atoms with E-state index in [0.717, 1.165) is 30.6 Å². The van der Waals surface area contributed by atoms with Crippen LogP contribution in [0.3, 0.4) is 0 Å². The molecule has 33 heavy (non-hydrogen) atoms. The highest BCUT2D eigenvalue weighted by Crippen LogP contribution is 2.50. The quantitative estimate of drug-likeness (QED) is 0.558. The van der Waals surface area contributed by atoms with Crippen molar-refractivity contribution in [1.82, 2.24) is 0 Å². The molecular formula is C27H23N3O3. The van der Waals surface area contributed by atoms with Crippen molar-refractivity contribution in [2.75, 3.05) is 21.2 Å². The van der Waals surface area contributed by atoms with Crippen LogP contribution in [0.25, 0.3) is 0 Å². The van der Waals surface area contributed by atoms with E-state index in [1.54, 1.807) is 48.5 Å². The zero-order valence-corrected chi connectivity index (χ0v) is 18.1. The number of hydrogen-bond acceptors (Lipinski definition) is 4. The molecule has 0 unspecified atom stereocenters. The molecule has 1 spiro atoms. The van der Waals surface area contributed by atoms with Gasteiger partial charge in [0.25, 0.3) is 11.8 Å². The lowest BCUT2D eigenvalue weighted by molar-refractivity contribution is -0.142. The van der Waals surface area contributed by atoms with Crippen LogP contribution < -0.4 is 14.7 Å². The highest BCUT2D eigenvalue weighted by atomic mass is 16.2. The second kappa shape index (κ2) is 7.30. The number of carbonyl (C=O) groups excluding carboxylic acids is 3. The minimum Gasteiger partial charge on any atom is -0.367 e. The highest BCUT2D eigenvalue weighted by molar-refractivity contribution is 6.39. The summed E-state index contributed by atoms with van der Waals surface area (Å²) in [6, 6.07) is 24.9. The third kappa shape index (κ3) is 2.70. The highest BCUT2D eigenvalue weighted by Gasteiger charge is 2.65. The van der Waals surface area contributed by atoms with Crippen molar-refractivity contribution in [2.45, 2.75) is 25.3 Å². The molecule has 0 N–H and O–H groups in total. The van der Waals surface area contributed by atoms with Gasteiger partial charge in [0.1, 0.15) is 0 Å². The average Bonchev–Trinajstić information content (AvgIpc) is 3.35. The molecule has 6 heteroatoms. The fourth-order valence-electron chi connectivity index (χ4n) is 5.74. The first-order valence-corrected chi connectivity index (χ1v) is 11.3. The molecule has 4 amide bonds. The van der Waals surface area contributed by atoms with E-state index in [-0.39, 0.29) is 12.5 Å². The van der Waals surface area contributed by atoms with E-state index in [2.05, 4.69) is 11.0 Å². The van der Waals surface area contributed by atoms with Gasteiger partial charge < -0.3 is 4.90 Å².